The third-order valence-corrected chi connectivity index (χ3v) is 2.79. The molecule has 4 nitrogen and oxygen atoms in total. The number of hydrogen-bond acceptors (Lipinski definition) is 3. The topological polar surface area (TPSA) is 56.7 Å². The predicted octanol–water partition coefficient (Wildman–Crippen LogP) is 2.66. The van der Waals surface area contributed by atoms with Gasteiger partial charge in [0.15, 0.2) is 5.82 Å². The van der Waals surface area contributed by atoms with Crippen molar-refractivity contribution >= 4 is 5.69 Å². The van der Waals surface area contributed by atoms with E-state index in [2.05, 4.69) is 10.1 Å². The second-order valence-corrected chi connectivity index (χ2v) is 4.09. The number of nitrogens with zero attached hydrogens (tertiary/aromatic N) is 3. The lowest BCUT2D eigenvalue weighted by Crippen LogP contribution is -1.99. The van der Waals surface area contributed by atoms with Crippen LogP contribution in [0.1, 0.15) is 0 Å². The third kappa shape index (κ3) is 2.18. The fourth-order valence-corrected chi connectivity index (χ4v) is 1.84. The molecular weight excluding hydrogens is 243 g/mol. The van der Waals surface area contributed by atoms with E-state index < -0.39 is 0 Å². The molecular formula is C14H11FN4. The van der Waals surface area contributed by atoms with Crippen LogP contribution in [0.15, 0.2) is 54.9 Å². The van der Waals surface area contributed by atoms with Crippen LogP contribution in [0.4, 0.5) is 10.1 Å². The molecule has 19 heavy (non-hydrogen) atoms. The third-order valence-electron chi connectivity index (χ3n) is 2.79. The Kier molecular flexibility index (Phi) is 2.72. The summed E-state index contributed by atoms with van der Waals surface area (Å²) in [6.07, 6.45) is 1.47. The monoisotopic (exact) mass is 254 g/mol. The lowest BCUT2D eigenvalue weighted by atomic mass is 10.2. The van der Waals surface area contributed by atoms with Gasteiger partial charge in [0.2, 0.25) is 0 Å². The van der Waals surface area contributed by atoms with E-state index in [0.29, 0.717) is 11.5 Å². The van der Waals surface area contributed by atoms with Crippen LogP contribution in [-0.2, 0) is 0 Å². The summed E-state index contributed by atoms with van der Waals surface area (Å²) in [5.41, 5.74) is 8.01. The molecule has 0 radical (unpaired) electrons. The zero-order valence-corrected chi connectivity index (χ0v) is 9.99. The Morgan fingerprint density at radius 3 is 2.32 bits per heavy atom. The maximum atomic E-state index is 12.9. The van der Waals surface area contributed by atoms with Gasteiger partial charge in [0.1, 0.15) is 12.1 Å². The maximum Gasteiger partial charge on any atom is 0.163 e. The van der Waals surface area contributed by atoms with Gasteiger partial charge in [-0.2, -0.15) is 5.10 Å². The van der Waals surface area contributed by atoms with Crippen LogP contribution >= 0.6 is 0 Å². The molecule has 2 N–H and O–H groups in total. The van der Waals surface area contributed by atoms with Crippen LogP contribution in [0.5, 0.6) is 0 Å². The highest BCUT2D eigenvalue weighted by Gasteiger charge is 2.08. The van der Waals surface area contributed by atoms with E-state index in [9.17, 15) is 4.39 Å². The zero-order chi connectivity index (χ0) is 13.2. The normalized spacial score (nSPS) is 10.6. The molecule has 2 aromatic carbocycles. The largest absolute Gasteiger partial charge is 0.399 e. The Bertz CT molecular complexity index is 626. The summed E-state index contributed by atoms with van der Waals surface area (Å²) in [6.45, 7) is 0. The molecule has 0 unspecified atom stereocenters. The number of rotatable bonds is 2. The van der Waals surface area contributed by atoms with Crippen LogP contribution < -0.4 is 5.73 Å². The van der Waals surface area contributed by atoms with Crippen molar-refractivity contribution in [2.24, 2.45) is 0 Å². The van der Waals surface area contributed by atoms with Gasteiger partial charge >= 0.3 is 0 Å². The number of aromatic nitrogens is 3. The molecule has 5 heteroatoms. The van der Waals surface area contributed by atoms with E-state index in [1.807, 2.05) is 12.1 Å². The highest BCUT2D eigenvalue weighted by Crippen LogP contribution is 2.21. The van der Waals surface area contributed by atoms with Gasteiger partial charge in [0.05, 0.1) is 5.69 Å². The first-order chi connectivity index (χ1) is 9.24. The Morgan fingerprint density at radius 2 is 1.63 bits per heavy atom. The minimum Gasteiger partial charge on any atom is -0.399 e. The molecule has 0 fully saturated rings. The highest BCUT2D eigenvalue weighted by molar-refractivity contribution is 5.60. The minimum absolute atomic E-state index is 0.280. The van der Waals surface area contributed by atoms with Crippen molar-refractivity contribution in [1.82, 2.24) is 14.8 Å². The Hall–Kier alpha value is -2.69. The minimum atomic E-state index is -0.280. The quantitative estimate of drug-likeness (QED) is 0.715. The molecule has 0 bridgehead atoms. The molecule has 0 aliphatic carbocycles. The van der Waals surface area contributed by atoms with E-state index in [4.69, 9.17) is 5.73 Å². The van der Waals surface area contributed by atoms with Crippen LogP contribution in [0, 0.1) is 5.82 Å². The number of benzene rings is 2. The van der Waals surface area contributed by atoms with Crippen molar-refractivity contribution in [3.63, 3.8) is 0 Å². The average molecular weight is 254 g/mol. The first kappa shape index (κ1) is 11.4. The van der Waals surface area contributed by atoms with Crippen LogP contribution in [-0.4, -0.2) is 14.8 Å². The fraction of sp³-hybridized carbons (Fsp3) is 0. The first-order valence-corrected chi connectivity index (χ1v) is 5.76. The number of nitrogen functional groups attached to an aromatic ring is 1. The van der Waals surface area contributed by atoms with E-state index in [1.54, 1.807) is 28.9 Å². The lowest BCUT2D eigenvalue weighted by molar-refractivity contribution is 0.627. The van der Waals surface area contributed by atoms with Crippen LogP contribution in [0.3, 0.4) is 0 Å². The van der Waals surface area contributed by atoms with Gasteiger partial charge < -0.3 is 5.73 Å². The van der Waals surface area contributed by atoms with Gasteiger partial charge in [0, 0.05) is 11.3 Å². The second kappa shape index (κ2) is 4.53. The van der Waals surface area contributed by atoms with E-state index in [0.717, 1.165) is 11.3 Å². The standard InChI is InChI=1S/C14H11FN4/c15-11-3-7-13(8-4-11)19-14(17-9-18-19)10-1-5-12(16)6-2-10/h1-9H,16H2. The molecule has 0 aliphatic rings. The number of nitrogens with two attached hydrogens (primary N) is 1. The number of anilines is 1. The molecule has 1 aromatic heterocycles. The lowest BCUT2D eigenvalue weighted by Gasteiger charge is -2.06. The summed E-state index contributed by atoms with van der Waals surface area (Å²) in [5.74, 6) is 0.407. The van der Waals surface area contributed by atoms with Gasteiger partial charge in [-0.1, -0.05) is 0 Å². The Labute approximate surface area is 109 Å². The van der Waals surface area contributed by atoms with E-state index >= 15 is 0 Å². The van der Waals surface area contributed by atoms with Crippen molar-refractivity contribution in [1.29, 1.82) is 0 Å². The molecule has 0 aliphatic heterocycles. The van der Waals surface area contributed by atoms with Crippen molar-refractivity contribution in [2.45, 2.75) is 0 Å². The SMILES string of the molecule is Nc1ccc(-c2ncnn2-c2ccc(F)cc2)cc1. The molecule has 3 aromatic rings. The molecule has 1 heterocycles. The second-order valence-electron chi connectivity index (χ2n) is 4.09. The molecule has 0 amide bonds. The average Bonchev–Trinajstić information content (AvgIpc) is 2.90. The van der Waals surface area contributed by atoms with Crippen LogP contribution in [0.2, 0.25) is 0 Å². The molecule has 94 valence electrons. The summed E-state index contributed by atoms with van der Waals surface area (Å²) < 4.78 is 14.6. The van der Waals surface area contributed by atoms with Crippen molar-refractivity contribution < 1.29 is 4.39 Å². The molecule has 3 rings (SSSR count). The molecule has 0 spiro atoms. The van der Waals surface area contributed by atoms with Crippen molar-refractivity contribution in [3.05, 3.63) is 60.7 Å². The summed E-state index contributed by atoms with van der Waals surface area (Å²) in [7, 11) is 0. The maximum absolute atomic E-state index is 12.9. The summed E-state index contributed by atoms with van der Waals surface area (Å²) in [4.78, 5) is 4.23. The molecule has 0 saturated carbocycles. The smallest absolute Gasteiger partial charge is 0.163 e. The van der Waals surface area contributed by atoms with Gasteiger partial charge in [-0.3, -0.25) is 0 Å². The summed E-state index contributed by atoms with van der Waals surface area (Å²) in [5, 5.41) is 4.17. The van der Waals surface area contributed by atoms with Crippen molar-refractivity contribution in [3.8, 4) is 17.1 Å². The zero-order valence-electron chi connectivity index (χ0n) is 9.99. The van der Waals surface area contributed by atoms with Gasteiger partial charge in [-0.05, 0) is 48.5 Å². The summed E-state index contributed by atoms with van der Waals surface area (Å²) in [6, 6.07) is 13.5. The van der Waals surface area contributed by atoms with Crippen LogP contribution in [0.25, 0.3) is 17.1 Å². The summed E-state index contributed by atoms with van der Waals surface area (Å²) >= 11 is 0. The molecule has 0 atom stereocenters. The van der Waals surface area contributed by atoms with E-state index in [1.165, 1.54) is 18.5 Å². The Balaban J connectivity index is 2.07. The number of halogens is 1. The number of hydrogen-bond donors (Lipinski definition) is 1. The van der Waals surface area contributed by atoms with Gasteiger partial charge in [-0.25, -0.2) is 14.1 Å². The first-order valence-electron chi connectivity index (χ1n) is 5.76. The van der Waals surface area contributed by atoms with Crippen molar-refractivity contribution in [2.75, 3.05) is 5.73 Å². The highest BCUT2D eigenvalue weighted by atomic mass is 19.1. The fourth-order valence-electron chi connectivity index (χ4n) is 1.84. The van der Waals surface area contributed by atoms with E-state index in [-0.39, 0.29) is 5.82 Å². The predicted molar refractivity (Wildman–Crippen MR) is 71.2 cm³/mol. The Morgan fingerprint density at radius 1 is 0.947 bits per heavy atom. The van der Waals surface area contributed by atoms with Gasteiger partial charge in [0.25, 0.3) is 0 Å². The van der Waals surface area contributed by atoms with Gasteiger partial charge in [-0.15, -0.1) is 0 Å². The molecule has 0 saturated heterocycles.